The number of rotatable bonds is 4. The summed E-state index contributed by atoms with van der Waals surface area (Å²) in [4.78, 5) is 35.0. The summed E-state index contributed by atoms with van der Waals surface area (Å²) >= 11 is 0. The molecule has 2 unspecified atom stereocenters. The number of hydrogen-bond acceptors (Lipinski definition) is 3. The molecular weight excluding hydrogens is 317 g/mol. The Kier molecular flexibility index (Phi) is 4.49. The lowest BCUT2D eigenvalue weighted by atomic mass is 9.97. The minimum absolute atomic E-state index is 0.0339. The average Bonchev–Trinajstić information content (AvgIpc) is 2.89. The molecule has 0 radical (unpaired) electrons. The number of Topliss-reactive ketones (excluding diaryl/α,β-unsaturated/α-hetero) is 1. The molecule has 0 aromatic carbocycles. The van der Waals surface area contributed by atoms with Gasteiger partial charge in [-0.1, -0.05) is 0 Å². The van der Waals surface area contributed by atoms with Crippen molar-refractivity contribution in [3.8, 4) is 0 Å². The Morgan fingerprint density at radius 2 is 2.04 bits per heavy atom. The molecule has 0 saturated heterocycles. The van der Waals surface area contributed by atoms with Gasteiger partial charge in [-0.15, -0.1) is 0 Å². The van der Waals surface area contributed by atoms with Gasteiger partial charge in [-0.05, 0) is 32.3 Å². The lowest BCUT2D eigenvalue weighted by Gasteiger charge is -2.26. The van der Waals surface area contributed by atoms with E-state index in [1.54, 1.807) is 5.32 Å². The van der Waals surface area contributed by atoms with Crippen LogP contribution in [0.1, 0.15) is 41.9 Å². The highest BCUT2D eigenvalue weighted by molar-refractivity contribution is 6.37. The SMILES string of the molecule is CC(NC(=O)C(=O)C1CCCc2c(C(=O)O)ccn21)C(F)(F)F. The predicted molar refractivity (Wildman–Crippen MR) is 72.0 cm³/mol. The van der Waals surface area contributed by atoms with Crippen LogP contribution in [0.2, 0.25) is 0 Å². The fourth-order valence-electron chi connectivity index (χ4n) is 2.59. The first-order chi connectivity index (χ1) is 10.6. The van der Waals surface area contributed by atoms with Gasteiger partial charge in [0.25, 0.3) is 5.91 Å². The van der Waals surface area contributed by atoms with Crippen LogP contribution >= 0.6 is 0 Å². The highest BCUT2D eigenvalue weighted by atomic mass is 19.4. The van der Waals surface area contributed by atoms with Crippen molar-refractivity contribution in [3.63, 3.8) is 0 Å². The number of aromatic nitrogens is 1. The van der Waals surface area contributed by atoms with Crippen molar-refractivity contribution < 1.29 is 32.7 Å². The summed E-state index contributed by atoms with van der Waals surface area (Å²) in [7, 11) is 0. The van der Waals surface area contributed by atoms with Gasteiger partial charge in [0, 0.05) is 11.9 Å². The number of ketones is 1. The van der Waals surface area contributed by atoms with E-state index in [0.717, 1.165) is 6.92 Å². The van der Waals surface area contributed by atoms with Crippen LogP contribution < -0.4 is 5.32 Å². The second kappa shape index (κ2) is 6.05. The number of nitrogens with zero attached hydrogens (tertiary/aromatic N) is 1. The van der Waals surface area contributed by atoms with Gasteiger partial charge in [0.15, 0.2) is 0 Å². The molecule has 1 aliphatic heterocycles. The maximum absolute atomic E-state index is 12.4. The van der Waals surface area contributed by atoms with Gasteiger partial charge in [-0.3, -0.25) is 9.59 Å². The van der Waals surface area contributed by atoms with Crippen LogP contribution in [-0.2, 0) is 16.0 Å². The lowest BCUT2D eigenvalue weighted by Crippen LogP contribution is -2.47. The van der Waals surface area contributed by atoms with Gasteiger partial charge < -0.3 is 15.0 Å². The highest BCUT2D eigenvalue weighted by Gasteiger charge is 2.39. The number of halogens is 3. The third-order valence-electron chi connectivity index (χ3n) is 3.85. The molecule has 23 heavy (non-hydrogen) atoms. The number of carboxylic acids is 1. The average molecular weight is 332 g/mol. The van der Waals surface area contributed by atoms with Gasteiger partial charge in [-0.25, -0.2) is 4.79 Å². The first kappa shape index (κ1) is 17.0. The van der Waals surface area contributed by atoms with Crippen molar-refractivity contribution in [1.82, 2.24) is 9.88 Å². The third kappa shape index (κ3) is 3.38. The van der Waals surface area contributed by atoms with E-state index in [0.29, 0.717) is 18.5 Å². The first-order valence-corrected chi connectivity index (χ1v) is 6.97. The normalized spacial score (nSPS) is 18.9. The molecule has 2 N–H and O–H groups in total. The molecule has 126 valence electrons. The van der Waals surface area contributed by atoms with E-state index in [2.05, 4.69) is 0 Å². The zero-order valence-corrected chi connectivity index (χ0v) is 12.2. The molecule has 0 aliphatic carbocycles. The minimum atomic E-state index is -4.64. The summed E-state index contributed by atoms with van der Waals surface area (Å²) in [5, 5.41) is 10.7. The number of aromatic carboxylic acids is 1. The summed E-state index contributed by atoms with van der Waals surface area (Å²) in [5.74, 6) is -3.48. The zero-order valence-electron chi connectivity index (χ0n) is 12.2. The molecule has 0 bridgehead atoms. The Morgan fingerprint density at radius 1 is 1.39 bits per heavy atom. The second-order valence-corrected chi connectivity index (χ2v) is 5.40. The number of amides is 1. The Labute approximate surface area is 129 Å². The minimum Gasteiger partial charge on any atom is -0.478 e. The molecule has 1 aromatic heterocycles. The predicted octanol–water partition coefficient (Wildman–Crippen LogP) is 1.70. The molecule has 1 aromatic rings. The molecule has 1 aliphatic rings. The number of fused-ring (bicyclic) bond motifs is 1. The molecule has 0 spiro atoms. The molecule has 2 atom stereocenters. The van der Waals surface area contributed by atoms with Crippen molar-refractivity contribution in [3.05, 3.63) is 23.5 Å². The molecule has 2 heterocycles. The van der Waals surface area contributed by atoms with E-state index in [1.165, 1.54) is 16.8 Å². The Bertz CT molecular complexity index is 651. The number of carbonyl (C=O) groups excluding carboxylic acids is 2. The van der Waals surface area contributed by atoms with Gasteiger partial charge >= 0.3 is 12.1 Å². The van der Waals surface area contributed by atoms with Gasteiger partial charge in [-0.2, -0.15) is 13.2 Å². The molecule has 0 saturated carbocycles. The maximum Gasteiger partial charge on any atom is 0.408 e. The molecule has 1 amide bonds. The van der Waals surface area contributed by atoms with Gasteiger partial charge in [0.05, 0.1) is 5.56 Å². The second-order valence-electron chi connectivity index (χ2n) is 5.40. The Hall–Kier alpha value is -2.32. The van der Waals surface area contributed by atoms with Crippen LogP contribution in [0.15, 0.2) is 12.3 Å². The van der Waals surface area contributed by atoms with E-state index < -0.39 is 35.9 Å². The summed E-state index contributed by atoms with van der Waals surface area (Å²) < 4.78 is 38.7. The number of carboxylic acid groups (broad SMARTS) is 1. The Balaban J connectivity index is 2.19. The van der Waals surface area contributed by atoms with E-state index in [-0.39, 0.29) is 12.0 Å². The van der Waals surface area contributed by atoms with Gasteiger partial charge in [0.2, 0.25) is 5.78 Å². The summed E-state index contributed by atoms with van der Waals surface area (Å²) in [6.07, 6.45) is -2.09. The molecule has 9 heteroatoms. The van der Waals surface area contributed by atoms with E-state index in [9.17, 15) is 27.6 Å². The highest BCUT2D eigenvalue weighted by Crippen LogP contribution is 2.29. The number of alkyl halides is 3. The van der Waals surface area contributed by atoms with Crippen molar-refractivity contribution in [2.24, 2.45) is 0 Å². The lowest BCUT2D eigenvalue weighted by molar-refractivity contribution is -0.160. The monoisotopic (exact) mass is 332 g/mol. The quantitative estimate of drug-likeness (QED) is 0.822. The summed E-state index contributed by atoms with van der Waals surface area (Å²) in [6.45, 7) is 0.746. The van der Waals surface area contributed by atoms with E-state index >= 15 is 0 Å². The Morgan fingerprint density at radius 3 is 2.61 bits per heavy atom. The van der Waals surface area contributed by atoms with Crippen LogP contribution in [-0.4, -0.2) is 39.6 Å². The molecule has 6 nitrogen and oxygen atoms in total. The number of nitrogens with one attached hydrogen (secondary N) is 1. The van der Waals surface area contributed by atoms with Crippen molar-refractivity contribution in [1.29, 1.82) is 0 Å². The van der Waals surface area contributed by atoms with E-state index in [1.807, 2.05) is 0 Å². The largest absolute Gasteiger partial charge is 0.478 e. The summed E-state index contributed by atoms with van der Waals surface area (Å²) in [5.41, 5.74) is 0.435. The third-order valence-corrected chi connectivity index (χ3v) is 3.85. The molecular formula is C14H15F3N2O4. The van der Waals surface area contributed by atoms with Crippen molar-refractivity contribution >= 4 is 17.7 Å². The fraction of sp³-hybridized carbons (Fsp3) is 0.500. The van der Waals surface area contributed by atoms with Crippen LogP contribution in [0.4, 0.5) is 13.2 Å². The topological polar surface area (TPSA) is 88.4 Å². The zero-order chi connectivity index (χ0) is 17.4. The summed E-state index contributed by atoms with van der Waals surface area (Å²) in [6, 6.07) is -1.80. The van der Waals surface area contributed by atoms with Crippen molar-refractivity contribution in [2.75, 3.05) is 0 Å². The van der Waals surface area contributed by atoms with Gasteiger partial charge in [0.1, 0.15) is 12.1 Å². The first-order valence-electron chi connectivity index (χ1n) is 6.97. The molecule has 2 rings (SSSR count). The van der Waals surface area contributed by atoms with E-state index in [4.69, 9.17) is 5.11 Å². The van der Waals surface area contributed by atoms with Crippen LogP contribution in [0.5, 0.6) is 0 Å². The molecule has 0 fully saturated rings. The van der Waals surface area contributed by atoms with Crippen LogP contribution in [0.3, 0.4) is 0 Å². The van der Waals surface area contributed by atoms with Crippen LogP contribution in [0.25, 0.3) is 0 Å². The fourth-order valence-corrected chi connectivity index (χ4v) is 2.59. The van der Waals surface area contributed by atoms with Crippen molar-refractivity contribution in [2.45, 2.75) is 44.4 Å². The van der Waals surface area contributed by atoms with Crippen LogP contribution in [0, 0.1) is 0 Å². The number of hydrogen-bond donors (Lipinski definition) is 2. The standard InChI is InChI=1S/C14H15F3N2O4/c1-7(14(15,16)17)18-12(21)11(20)10-4-2-3-9-8(13(22)23)5-6-19(9)10/h5-7,10H,2-4H2,1H3,(H,18,21)(H,22,23). The smallest absolute Gasteiger partial charge is 0.408 e. The number of carbonyl (C=O) groups is 3. The maximum atomic E-state index is 12.4.